The fourth-order valence-electron chi connectivity index (χ4n) is 10.7. The van der Waals surface area contributed by atoms with Crippen molar-refractivity contribution >= 4 is 23.1 Å². The highest BCUT2D eigenvalue weighted by molar-refractivity contribution is 7.98. The molecular formula is C65H50OS. The maximum Gasteiger partial charge on any atom is 0.193 e. The summed E-state index contributed by atoms with van der Waals surface area (Å²) in [6.07, 6.45) is 8.61. The maximum atomic E-state index is 15.1. The monoisotopic (exact) mass is 878 g/mol. The van der Waals surface area contributed by atoms with Gasteiger partial charge in [-0.05, 0) is 174 Å². The minimum atomic E-state index is -0.667. The van der Waals surface area contributed by atoms with Crippen molar-refractivity contribution in [2.45, 2.75) is 25.2 Å². The van der Waals surface area contributed by atoms with Crippen LogP contribution in [0.3, 0.4) is 0 Å². The van der Waals surface area contributed by atoms with Gasteiger partial charge in [0.05, 0.1) is 5.41 Å². The second-order valence-electron chi connectivity index (χ2n) is 17.6. The molecule has 3 aliphatic rings. The normalized spacial score (nSPS) is 13.9. The molecule has 0 N–H and O–H groups in total. The van der Waals surface area contributed by atoms with Gasteiger partial charge in [-0.15, -0.1) is 0 Å². The highest BCUT2D eigenvalue weighted by Gasteiger charge is 2.52. The minimum absolute atomic E-state index is 0.0765. The summed E-state index contributed by atoms with van der Waals surface area (Å²) in [4.78, 5) is 15.1. The van der Waals surface area contributed by atoms with Crippen LogP contribution in [0, 0.1) is 0 Å². The lowest BCUT2D eigenvalue weighted by Gasteiger charge is -2.42. The molecule has 0 fully saturated rings. The van der Waals surface area contributed by atoms with E-state index in [1.165, 1.54) is 50.3 Å². The van der Waals surface area contributed by atoms with Crippen LogP contribution in [0.5, 0.6) is 0 Å². The topological polar surface area (TPSA) is 17.1 Å². The molecule has 3 aliphatic carbocycles. The van der Waals surface area contributed by atoms with Crippen molar-refractivity contribution in [2.24, 2.45) is 0 Å². The Morgan fingerprint density at radius 3 is 1.18 bits per heavy atom. The van der Waals surface area contributed by atoms with Crippen LogP contribution in [0.15, 0.2) is 236 Å². The molecule has 0 aliphatic heterocycles. The lowest BCUT2D eigenvalue weighted by Crippen LogP contribution is -2.37. The number of ketones is 1. The zero-order valence-corrected chi connectivity index (χ0v) is 38.7. The van der Waals surface area contributed by atoms with E-state index in [-0.39, 0.29) is 5.78 Å². The van der Waals surface area contributed by atoms with Gasteiger partial charge in [-0.25, -0.2) is 0 Å². The van der Waals surface area contributed by atoms with E-state index in [9.17, 15) is 0 Å². The van der Waals surface area contributed by atoms with Gasteiger partial charge in [-0.3, -0.25) is 4.79 Å². The number of benzene rings is 9. The standard InChI is InChI=1S/C62H42O.C3H8S/c63-61-55-31-29-45(51-35-47(41-17-5-1-6-18-41)33-48(36-51)42-19-7-2-8-20-42)39-59(55)62(57-27-15-13-25-53(57)54-26-14-16-28-58(54)62)60-40-46(30-32-56(60)61)52-37-49(43-21-9-3-10-22-43)34-50(38-52)44-23-11-4-12-24-44;1-3-4-2/h1-15,17-27,29-40H,16,28H2;3H2,1-2H3. The second-order valence-corrected chi connectivity index (χ2v) is 18.8. The Labute approximate surface area is 399 Å². The van der Waals surface area contributed by atoms with Crippen molar-refractivity contribution in [3.05, 3.63) is 269 Å². The second kappa shape index (κ2) is 18.0. The van der Waals surface area contributed by atoms with Crippen LogP contribution in [-0.4, -0.2) is 17.8 Å². The average Bonchev–Trinajstić information content (AvgIpc) is 3.71. The molecule has 0 atom stereocenters. The Morgan fingerprint density at radius 2 is 0.776 bits per heavy atom. The fraction of sp³-hybridized carbons (Fsp3) is 0.0923. The highest BCUT2D eigenvalue weighted by Crippen LogP contribution is 2.61. The van der Waals surface area contributed by atoms with E-state index in [2.05, 4.69) is 244 Å². The molecule has 0 heterocycles. The Kier molecular flexibility index (Phi) is 11.3. The zero-order chi connectivity index (χ0) is 45.3. The van der Waals surface area contributed by atoms with Crippen LogP contribution in [-0.2, 0) is 5.41 Å². The fourth-order valence-corrected chi connectivity index (χ4v) is 10.7. The minimum Gasteiger partial charge on any atom is -0.289 e. The van der Waals surface area contributed by atoms with E-state index in [0.717, 1.165) is 79.6 Å². The van der Waals surface area contributed by atoms with Crippen LogP contribution in [0.4, 0.5) is 0 Å². The van der Waals surface area contributed by atoms with Gasteiger partial charge in [0.2, 0.25) is 0 Å². The largest absolute Gasteiger partial charge is 0.289 e. The van der Waals surface area contributed by atoms with Gasteiger partial charge in [0.15, 0.2) is 5.78 Å². The lowest BCUT2D eigenvalue weighted by molar-refractivity contribution is 0.103. The Hall–Kier alpha value is -7.52. The number of allylic oxidation sites excluding steroid dienone is 4. The number of thioether (sulfide) groups is 1. The van der Waals surface area contributed by atoms with E-state index in [1.807, 2.05) is 11.8 Å². The molecule has 0 unspecified atom stereocenters. The van der Waals surface area contributed by atoms with Gasteiger partial charge in [-0.1, -0.05) is 189 Å². The van der Waals surface area contributed by atoms with Gasteiger partial charge in [0.1, 0.15) is 0 Å². The molecule has 0 radical (unpaired) electrons. The van der Waals surface area contributed by atoms with Crippen LogP contribution < -0.4 is 0 Å². The molecule has 2 heteroatoms. The van der Waals surface area contributed by atoms with Gasteiger partial charge >= 0.3 is 0 Å². The van der Waals surface area contributed by atoms with Crippen molar-refractivity contribution < 1.29 is 4.79 Å². The van der Waals surface area contributed by atoms with Gasteiger partial charge in [0, 0.05) is 11.1 Å². The van der Waals surface area contributed by atoms with Crippen LogP contribution in [0.25, 0.3) is 72.3 Å². The Balaban J connectivity index is 0.00000119. The summed E-state index contributed by atoms with van der Waals surface area (Å²) < 4.78 is 0. The molecular weight excluding hydrogens is 829 g/mol. The number of hydrogen-bond donors (Lipinski definition) is 0. The predicted molar refractivity (Wildman–Crippen MR) is 285 cm³/mol. The zero-order valence-electron chi connectivity index (χ0n) is 37.9. The maximum absolute atomic E-state index is 15.1. The molecule has 9 aromatic rings. The summed E-state index contributed by atoms with van der Waals surface area (Å²) in [5.41, 5.74) is 21.9. The molecule has 67 heavy (non-hydrogen) atoms. The van der Waals surface area contributed by atoms with E-state index < -0.39 is 5.41 Å². The average molecular weight is 879 g/mol. The van der Waals surface area contributed by atoms with Crippen molar-refractivity contribution in [1.82, 2.24) is 0 Å². The number of rotatable bonds is 7. The molecule has 0 saturated carbocycles. The van der Waals surface area contributed by atoms with Crippen molar-refractivity contribution in [2.75, 3.05) is 12.0 Å². The molecule has 1 nitrogen and oxygen atoms in total. The van der Waals surface area contributed by atoms with E-state index in [0.29, 0.717) is 0 Å². The first-order valence-electron chi connectivity index (χ1n) is 23.4. The number of fused-ring (bicyclic) bond motifs is 8. The summed E-state index contributed by atoms with van der Waals surface area (Å²) >= 11 is 1.86. The lowest BCUT2D eigenvalue weighted by atomic mass is 9.59. The Morgan fingerprint density at radius 1 is 0.403 bits per heavy atom. The third-order valence-electron chi connectivity index (χ3n) is 13.8. The van der Waals surface area contributed by atoms with Crippen LogP contribution in [0.2, 0.25) is 0 Å². The van der Waals surface area contributed by atoms with Gasteiger partial charge < -0.3 is 0 Å². The van der Waals surface area contributed by atoms with E-state index in [1.54, 1.807) is 0 Å². The van der Waals surface area contributed by atoms with Crippen molar-refractivity contribution in [1.29, 1.82) is 0 Å². The first-order chi connectivity index (χ1) is 33.0. The quantitative estimate of drug-likeness (QED) is 0.159. The molecule has 9 aromatic carbocycles. The predicted octanol–water partition coefficient (Wildman–Crippen LogP) is 17.1. The molecule has 12 rings (SSSR count). The molecule has 0 saturated heterocycles. The van der Waals surface area contributed by atoms with Gasteiger partial charge in [-0.2, -0.15) is 11.8 Å². The third-order valence-corrected chi connectivity index (χ3v) is 14.4. The van der Waals surface area contributed by atoms with E-state index >= 15 is 4.79 Å². The summed E-state index contributed by atoms with van der Waals surface area (Å²) in [5, 5.41) is 0. The number of carbonyl (C=O) groups is 1. The number of carbonyl (C=O) groups excluding carboxylic acids is 1. The van der Waals surface area contributed by atoms with E-state index in [4.69, 9.17) is 0 Å². The third kappa shape index (κ3) is 7.52. The summed E-state index contributed by atoms with van der Waals surface area (Å²) in [5.74, 6) is 1.31. The summed E-state index contributed by atoms with van der Waals surface area (Å²) in [6, 6.07) is 78.6. The first kappa shape index (κ1) is 42.1. The van der Waals surface area contributed by atoms with Crippen molar-refractivity contribution in [3.63, 3.8) is 0 Å². The summed E-state index contributed by atoms with van der Waals surface area (Å²) in [7, 11) is 0. The van der Waals surface area contributed by atoms with Gasteiger partial charge in [0.25, 0.3) is 0 Å². The molecule has 0 bridgehead atoms. The smallest absolute Gasteiger partial charge is 0.193 e. The SMILES string of the molecule is CCSC.O=C1c2ccc(-c3cc(-c4ccccc4)cc(-c4ccccc4)c3)cc2C2(C3=C(C=CCC3)c3ccccc32)c2cc(-c3cc(-c4ccccc4)cc(-c4ccccc4)c3)ccc21. The van der Waals surface area contributed by atoms with Crippen LogP contribution in [0.1, 0.15) is 57.9 Å². The molecule has 322 valence electrons. The number of hydrogen-bond acceptors (Lipinski definition) is 2. The Bertz CT molecular complexity index is 3060. The van der Waals surface area contributed by atoms with Crippen LogP contribution >= 0.6 is 11.8 Å². The first-order valence-corrected chi connectivity index (χ1v) is 24.8. The highest BCUT2D eigenvalue weighted by atomic mass is 32.2. The molecule has 0 amide bonds. The summed E-state index contributed by atoms with van der Waals surface area (Å²) in [6.45, 7) is 2.14. The van der Waals surface area contributed by atoms with Crippen molar-refractivity contribution in [3.8, 4) is 66.8 Å². The molecule has 1 spiro atoms. The molecule has 0 aromatic heterocycles.